The molecule has 1 atom stereocenters. The van der Waals surface area contributed by atoms with E-state index >= 15 is 0 Å². The second kappa shape index (κ2) is 7.41. The number of hydrogen-bond acceptors (Lipinski definition) is 4. The predicted molar refractivity (Wildman–Crippen MR) is 105 cm³/mol. The van der Waals surface area contributed by atoms with E-state index in [9.17, 15) is 4.79 Å². The van der Waals surface area contributed by atoms with Crippen LogP contribution in [-0.2, 0) is 6.42 Å². The van der Waals surface area contributed by atoms with Crippen LogP contribution in [0.15, 0.2) is 35.7 Å². The lowest BCUT2D eigenvalue weighted by Gasteiger charge is -2.43. The summed E-state index contributed by atoms with van der Waals surface area (Å²) in [6, 6.07) is 9.98. The van der Waals surface area contributed by atoms with E-state index in [4.69, 9.17) is 4.74 Å². The Morgan fingerprint density at radius 3 is 2.54 bits per heavy atom. The van der Waals surface area contributed by atoms with Gasteiger partial charge in [-0.15, -0.1) is 11.3 Å². The molecule has 4 nitrogen and oxygen atoms in total. The number of ether oxygens (including phenoxy) is 1. The van der Waals surface area contributed by atoms with Gasteiger partial charge in [-0.3, -0.25) is 4.79 Å². The standard InChI is InChI=1S/C21H26N2O2S/c1-22-11-7-15(8-12-22)20-18-10-14-26-19(18)9-13-23(20)21(24)16-3-5-17(25-2)6-4-16/h3-6,10,14-15,20H,7-9,11-13H2,1-2H3. The summed E-state index contributed by atoms with van der Waals surface area (Å²) in [6.45, 7) is 3.05. The summed E-state index contributed by atoms with van der Waals surface area (Å²) in [6.07, 6.45) is 3.28. The molecule has 0 saturated carbocycles. The molecule has 1 saturated heterocycles. The summed E-state index contributed by atoms with van der Waals surface area (Å²) in [5.41, 5.74) is 2.14. The minimum absolute atomic E-state index is 0.147. The van der Waals surface area contributed by atoms with Gasteiger partial charge in [-0.2, -0.15) is 0 Å². The average molecular weight is 371 g/mol. The number of rotatable bonds is 3. The Kier molecular flexibility index (Phi) is 5.00. The molecule has 1 aromatic carbocycles. The zero-order chi connectivity index (χ0) is 18.1. The molecule has 138 valence electrons. The molecule has 1 fully saturated rings. The smallest absolute Gasteiger partial charge is 0.254 e. The van der Waals surface area contributed by atoms with Crippen molar-refractivity contribution in [2.24, 2.45) is 5.92 Å². The molecule has 1 aromatic heterocycles. The molecule has 0 aliphatic carbocycles. The topological polar surface area (TPSA) is 32.8 Å². The molecule has 1 amide bonds. The van der Waals surface area contributed by atoms with Gasteiger partial charge in [0.15, 0.2) is 0 Å². The minimum atomic E-state index is 0.147. The van der Waals surface area contributed by atoms with Crippen LogP contribution in [0.3, 0.4) is 0 Å². The molecule has 5 heteroatoms. The summed E-state index contributed by atoms with van der Waals surface area (Å²) in [5.74, 6) is 1.47. The van der Waals surface area contributed by atoms with Crippen molar-refractivity contribution in [3.63, 3.8) is 0 Å². The highest BCUT2D eigenvalue weighted by Gasteiger charge is 2.38. The minimum Gasteiger partial charge on any atom is -0.497 e. The van der Waals surface area contributed by atoms with Gasteiger partial charge in [0, 0.05) is 17.0 Å². The van der Waals surface area contributed by atoms with Crippen molar-refractivity contribution in [1.82, 2.24) is 9.80 Å². The second-order valence-electron chi connectivity index (χ2n) is 7.36. The maximum Gasteiger partial charge on any atom is 0.254 e. The molecular weight excluding hydrogens is 344 g/mol. The average Bonchev–Trinajstić information content (AvgIpc) is 3.16. The molecule has 26 heavy (non-hydrogen) atoms. The lowest BCUT2D eigenvalue weighted by molar-refractivity contribution is 0.0504. The first-order valence-corrected chi connectivity index (χ1v) is 10.2. The summed E-state index contributed by atoms with van der Waals surface area (Å²) in [7, 11) is 3.84. The number of carbonyl (C=O) groups excluding carboxylic acids is 1. The third kappa shape index (κ3) is 3.26. The number of fused-ring (bicyclic) bond motifs is 1. The third-order valence-electron chi connectivity index (χ3n) is 5.82. The summed E-state index contributed by atoms with van der Waals surface area (Å²) < 4.78 is 5.23. The first kappa shape index (κ1) is 17.6. The van der Waals surface area contributed by atoms with Gasteiger partial charge in [-0.1, -0.05) is 0 Å². The molecule has 0 spiro atoms. The largest absolute Gasteiger partial charge is 0.497 e. The Balaban J connectivity index is 1.63. The zero-order valence-corrected chi connectivity index (χ0v) is 16.3. The van der Waals surface area contributed by atoms with E-state index in [-0.39, 0.29) is 11.9 Å². The van der Waals surface area contributed by atoms with E-state index in [0.29, 0.717) is 5.92 Å². The Labute approximate surface area is 159 Å². The monoisotopic (exact) mass is 370 g/mol. The normalized spacial score (nSPS) is 21.5. The van der Waals surface area contributed by atoms with Gasteiger partial charge >= 0.3 is 0 Å². The van der Waals surface area contributed by atoms with Crippen molar-refractivity contribution in [3.05, 3.63) is 51.7 Å². The fourth-order valence-corrected chi connectivity index (χ4v) is 5.24. The molecule has 3 heterocycles. The predicted octanol–water partition coefficient (Wildman–Crippen LogP) is 3.84. The molecule has 0 radical (unpaired) electrons. The Hall–Kier alpha value is -1.85. The molecule has 4 rings (SSSR count). The van der Waals surface area contributed by atoms with Crippen molar-refractivity contribution in [2.75, 3.05) is 33.8 Å². The van der Waals surface area contributed by atoms with Crippen LogP contribution in [0, 0.1) is 5.92 Å². The van der Waals surface area contributed by atoms with Crippen LogP contribution in [0.1, 0.15) is 39.7 Å². The number of benzene rings is 1. The highest BCUT2D eigenvalue weighted by molar-refractivity contribution is 7.10. The maximum atomic E-state index is 13.3. The molecule has 2 aliphatic heterocycles. The van der Waals surface area contributed by atoms with Crippen molar-refractivity contribution in [3.8, 4) is 5.75 Å². The van der Waals surface area contributed by atoms with Gasteiger partial charge in [0.25, 0.3) is 5.91 Å². The molecule has 2 aliphatic rings. The summed E-state index contributed by atoms with van der Waals surface area (Å²) >= 11 is 1.84. The highest BCUT2D eigenvalue weighted by Crippen LogP contribution is 2.42. The van der Waals surface area contributed by atoms with Gasteiger partial charge < -0.3 is 14.5 Å². The number of carbonyl (C=O) groups is 1. The van der Waals surface area contributed by atoms with E-state index in [1.165, 1.54) is 10.4 Å². The number of nitrogens with zero attached hydrogens (tertiary/aromatic N) is 2. The first-order valence-electron chi connectivity index (χ1n) is 9.37. The van der Waals surface area contributed by atoms with Gasteiger partial charge in [0.1, 0.15) is 5.75 Å². The second-order valence-corrected chi connectivity index (χ2v) is 8.36. The summed E-state index contributed by atoms with van der Waals surface area (Å²) in [4.78, 5) is 19.3. The van der Waals surface area contributed by atoms with Gasteiger partial charge in [0.2, 0.25) is 0 Å². The van der Waals surface area contributed by atoms with Crippen molar-refractivity contribution < 1.29 is 9.53 Å². The van der Waals surface area contributed by atoms with Crippen LogP contribution in [0.5, 0.6) is 5.75 Å². The Morgan fingerprint density at radius 1 is 1.12 bits per heavy atom. The van der Waals surface area contributed by atoms with Crippen LogP contribution in [0.2, 0.25) is 0 Å². The molecule has 2 aromatic rings. The van der Waals surface area contributed by atoms with Crippen LogP contribution >= 0.6 is 11.3 Å². The van der Waals surface area contributed by atoms with Crippen LogP contribution in [0.25, 0.3) is 0 Å². The lowest BCUT2D eigenvalue weighted by Crippen LogP contribution is -2.45. The third-order valence-corrected chi connectivity index (χ3v) is 6.82. The number of likely N-dealkylation sites (tertiary alicyclic amines) is 1. The number of amides is 1. The fraction of sp³-hybridized carbons (Fsp3) is 0.476. The van der Waals surface area contributed by atoms with Crippen LogP contribution < -0.4 is 4.74 Å². The SMILES string of the molecule is COc1ccc(C(=O)N2CCc3sccc3C2C2CCN(C)CC2)cc1. The number of piperidine rings is 1. The number of thiophene rings is 1. The first-order chi connectivity index (χ1) is 12.7. The number of methoxy groups -OCH3 is 1. The van der Waals surface area contributed by atoms with Gasteiger partial charge in [-0.05, 0) is 86.6 Å². The molecule has 1 unspecified atom stereocenters. The van der Waals surface area contributed by atoms with E-state index in [1.54, 1.807) is 7.11 Å². The van der Waals surface area contributed by atoms with Gasteiger partial charge in [0.05, 0.1) is 13.2 Å². The number of hydrogen-bond donors (Lipinski definition) is 0. The fourth-order valence-electron chi connectivity index (χ4n) is 4.33. The molecule has 0 N–H and O–H groups in total. The quantitative estimate of drug-likeness (QED) is 0.823. The Bertz CT molecular complexity index is 763. The van der Waals surface area contributed by atoms with E-state index in [0.717, 1.165) is 50.2 Å². The van der Waals surface area contributed by atoms with Crippen LogP contribution in [-0.4, -0.2) is 49.5 Å². The highest BCUT2D eigenvalue weighted by atomic mass is 32.1. The van der Waals surface area contributed by atoms with Crippen LogP contribution in [0.4, 0.5) is 0 Å². The van der Waals surface area contributed by atoms with E-state index in [1.807, 2.05) is 35.6 Å². The van der Waals surface area contributed by atoms with Crippen molar-refractivity contribution in [2.45, 2.75) is 25.3 Å². The van der Waals surface area contributed by atoms with E-state index in [2.05, 4.69) is 28.3 Å². The Morgan fingerprint density at radius 2 is 1.85 bits per heavy atom. The maximum absolute atomic E-state index is 13.3. The molecule has 0 bridgehead atoms. The van der Waals surface area contributed by atoms with Crippen molar-refractivity contribution in [1.29, 1.82) is 0 Å². The van der Waals surface area contributed by atoms with Crippen molar-refractivity contribution >= 4 is 17.2 Å². The molecular formula is C21H26N2O2S. The summed E-state index contributed by atoms with van der Waals surface area (Å²) in [5, 5.41) is 2.19. The van der Waals surface area contributed by atoms with E-state index < -0.39 is 0 Å². The zero-order valence-electron chi connectivity index (χ0n) is 15.5. The lowest BCUT2D eigenvalue weighted by atomic mass is 9.82. The van der Waals surface area contributed by atoms with Gasteiger partial charge in [-0.25, -0.2) is 0 Å².